The Morgan fingerprint density at radius 3 is 2.64 bits per heavy atom. The van der Waals surface area contributed by atoms with E-state index in [1.54, 1.807) is 12.1 Å². The first kappa shape index (κ1) is 17.1. The Morgan fingerprint density at radius 1 is 1.20 bits per heavy atom. The lowest BCUT2D eigenvalue weighted by Crippen LogP contribution is -2.14. The Bertz CT molecular complexity index is 891. The lowest BCUT2D eigenvalue weighted by Gasteiger charge is -2.09. The molecule has 0 aliphatic carbocycles. The Hall–Kier alpha value is -2.73. The Balaban J connectivity index is 2.18. The molecule has 1 aliphatic heterocycles. The van der Waals surface area contributed by atoms with Gasteiger partial charge in [0.15, 0.2) is 0 Å². The zero-order valence-electron chi connectivity index (χ0n) is 13.8. The van der Waals surface area contributed by atoms with Gasteiger partial charge in [-0.25, -0.2) is 4.99 Å². The van der Waals surface area contributed by atoms with Gasteiger partial charge in [0, 0.05) is 28.3 Å². The molecule has 0 saturated carbocycles. The van der Waals surface area contributed by atoms with Crippen molar-refractivity contribution in [1.29, 1.82) is 0 Å². The molecule has 6 nitrogen and oxygen atoms in total. The van der Waals surface area contributed by atoms with Gasteiger partial charge in [0.1, 0.15) is 6.54 Å². The number of ether oxygens (including phenoxy) is 1. The van der Waals surface area contributed by atoms with Crippen LogP contribution in [-0.4, -0.2) is 29.2 Å². The number of non-ortho nitro benzene ring substituents is 1. The van der Waals surface area contributed by atoms with Crippen molar-refractivity contribution in [1.82, 2.24) is 0 Å². The quantitative estimate of drug-likeness (QED) is 0.597. The second kappa shape index (κ2) is 7.03. The Labute approximate surface area is 150 Å². The maximum absolute atomic E-state index is 11.2. The number of rotatable bonds is 3. The maximum atomic E-state index is 11.2. The van der Waals surface area contributed by atoms with Gasteiger partial charge in [-0.05, 0) is 26.0 Å². The molecule has 0 bridgehead atoms. The number of nitro groups is 1. The van der Waals surface area contributed by atoms with Crippen LogP contribution in [0.5, 0.6) is 0 Å². The van der Waals surface area contributed by atoms with Crippen LogP contribution in [0.15, 0.2) is 52.4 Å². The fraction of sp³-hybridized carbons (Fsp3) is 0.222. The first-order valence-corrected chi connectivity index (χ1v) is 8.16. The number of hydrogen-bond acceptors (Lipinski definition) is 5. The lowest BCUT2D eigenvalue weighted by atomic mass is 10.00. The summed E-state index contributed by atoms with van der Waals surface area (Å²) in [7, 11) is 0. The van der Waals surface area contributed by atoms with Gasteiger partial charge >= 0.3 is 0 Å². The predicted octanol–water partition coefficient (Wildman–Crippen LogP) is 4.55. The zero-order valence-corrected chi connectivity index (χ0v) is 14.5. The van der Waals surface area contributed by atoms with Crippen LogP contribution in [0.3, 0.4) is 0 Å². The molecule has 1 aliphatic rings. The molecule has 0 N–H and O–H groups in total. The Kier molecular flexibility index (Phi) is 4.81. The van der Waals surface area contributed by atoms with E-state index < -0.39 is 4.92 Å². The van der Waals surface area contributed by atoms with Gasteiger partial charge in [-0.3, -0.25) is 15.1 Å². The molecule has 2 aromatic rings. The van der Waals surface area contributed by atoms with E-state index in [1.165, 1.54) is 12.1 Å². The first-order chi connectivity index (χ1) is 12.0. The summed E-state index contributed by atoms with van der Waals surface area (Å²) in [6.07, 6.45) is -0.0442. The number of halogens is 1. The maximum Gasteiger partial charge on any atom is 0.270 e. The summed E-state index contributed by atoms with van der Waals surface area (Å²) in [5.41, 5.74) is 2.37. The van der Waals surface area contributed by atoms with Gasteiger partial charge in [0.05, 0.1) is 22.4 Å². The smallest absolute Gasteiger partial charge is 0.270 e. The van der Waals surface area contributed by atoms with Gasteiger partial charge in [-0.1, -0.05) is 29.8 Å². The van der Waals surface area contributed by atoms with Crippen LogP contribution in [0.1, 0.15) is 25.0 Å². The summed E-state index contributed by atoms with van der Waals surface area (Å²) in [6.45, 7) is 4.05. The largest absolute Gasteiger partial charge is 0.477 e. The van der Waals surface area contributed by atoms with Crippen molar-refractivity contribution in [3.05, 3.63) is 68.7 Å². The van der Waals surface area contributed by atoms with Crippen molar-refractivity contribution < 1.29 is 9.66 Å². The highest BCUT2D eigenvalue weighted by Crippen LogP contribution is 2.31. The molecule has 3 rings (SSSR count). The number of fused-ring (bicyclic) bond motifs is 1. The normalized spacial score (nSPS) is 13.6. The van der Waals surface area contributed by atoms with E-state index in [-0.39, 0.29) is 18.3 Å². The molecule has 25 heavy (non-hydrogen) atoms. The van der Waals surface area contributed by atoms with E-state index in [9.17, 15) is 10.1 Å². The number of nitrogens with zero attached hydrogens (tertiary/aromatic N) is 3. The topological polar surface area (TPSA) is 77.1 Å². The summed E-state index contributed by atoms with van der Waals surface area (Å²) in [5, 5.41) is 11.7. The summed E-state index contributed by atoms with van der Waals surface area (Å²) in [5.74, 6) is 0.465. The second-order valence-electron chi connectivity index (χ2n) is 5.78. The van der Waals surface area contributed by atoms with Gasteiger partial charge in [-0.15, -0.1) is 0 Å². The van der Waals surface area contributed by atoms with Crippen molar-refractivity contribution >= 4 is 34.6 Å². The van der Waals surface area contributed by atoms with E-state index in [4.69, 9.17) is 16.3 Å². The monoisotopic (exact) mass is 357 g/mol. The van der Waals surface area contributed by atoms with E-state index in [1.807, 2.05) is 32.0 Å². The summed E-state index contributed by atoms with van der Waals surface area (Å²) in [4.78, 5) is 19.8. The van der Waals surface area contributed by atoms with E-state index in [0.29, 0.717) is 33.4 Å². The molecular weight excluding hydrogens is 342 g/mol. The molecule has 0 atom stereocenters. The van der Waals surface area contributed by atoms with Crippen molar-refractivity contribution in [3.63, 3.8) is 0 Å². The minimum atomic E-state index is -0.440. The van der Waals surface area contributed by atoms with Gasteiger partial charge in [-0.2, -0.15) is 0 Å². The molecule has 0 spiro atoms. The minimum absolute atomic E-state index is 0.0260. The second-order valence-corrected chi connectivity index (χ2v) is 6.18. The van der Waals surface area contributed by atoms with E-state index in [0.717, 1.165) is 0 Å². The summed E-state index contributed by atoms with van der Waals surface area (Å²) >= 11 is 6.32. The van der Waals surface area contributed by atoms with Gasteiger partial charge < -0.3 is 4.74 Å². The average Bonchev–Trinajstić information content (AvgIpc) is 2.73. The van der Waals surface area contributed by atoms with Crippen molar-refractivity contribution in [2.45, 2.75) is 20.0 Å². The van der Waals surface area contributed by atoms with Crippen LogP contribution >= 0.6 is 11.6 Å². The highest BCUT2D eigenvalue weighted by Gasteiger charge is 2.21. The fourth-order valence-corrected chi connectivity index (χ4v) is 2.77. The number of aliphatic imine (C=N–C) groups is 2. The number of benzene rings is 2. The Morgan fingerprint density at radius 2 is 1.96 bits per heavy atom. The molecule has 0 amide bonds. The third-order valence-corrected chi connectivity index (χ3v) is 3.89. The van der Waals surface area contributed by atoms with Gasteiger partial charge in [0.2, 0.25) is 5.90 Å². The third kappa shape index (κ3) is 3.69. The van der Waals surface area contributed by atoms with Crippen molar-refractivity contribution in [3.8, 4) is 0 Å². The van der Waals surface area contributed by atoms with Crippen molar-refractivity contribution in [2.24, 2.45) is 9.98 Å². The van der Waals surface area contributed by atoms with Crippen LogP contribution in [-0.2, 0) is 4.74 Å². The lowest BCUT2D eigenvalue weighted by molar-refractivity contribution is -0.384. The average molecular weight is 358 g/mol. The van der Waals surface area contributed by atoms with E-state index in [2.05, 4.69) is 9.98 Å². The van der Waals surface area contributed by atoms with Gasteiger partial charge in [0.25, 0.3) is 5.69 Å². The minimum Gasteiger partial charge on any atom is -0.477 e. The highest BCUT2D eigenvalue weighted by molar-refractivity contribution is 6.36. The number of hydrogen-bond donors (Lipinski definition) is 0. The standard InChI is InChI=1S/C18H16ClN3O3/c1-11(2)25-17-10-20-18(13-5-3-4-6-15(13)19)14-9-12(22(23)24)7-8-16(14)21-17/h3-9,11H,10H2,1-2H3. The molecular formula is C18H16ClN3O3. The van der Waals surface area contributed by atoms with Crippen LogP contribution in [0.4, 0.5) is 11.4 Å². The predicted molar refractivity (Wildman–Crippen MR) is 98.4 cm³/mol. The highest BCUT2D eigenvalue weighted by atomic mass is 35.5. The molecule has 0 saturated heterocycles. The zero-order chi connectivity index (χ0) is 18.0. The fourth-order valence-electron chi connectivity index (χ4n) is 2.55. The molecule has 7 heteroatoms. The number of nitro benzene ring substituents is 1. The van der Waals surface area contributed by atoms with Crippen molar-refractivity contribution in [2.75, 3.05) is 6.54 Å². The van der Waals surface area contributed by atoms with Crippen LogP contribution in [0.2, 0.25) is 5.02 Å². The molecule has 0 radical (unpaired) electrons. The first-order valence-electron chi connectivity index (χ1n) is 7.78. The molecule has 0 fully saturated rings. The van der Waals surface area contributed by atoms with Crippen LogP contribution < -0.4 is 0 Å². The third-order valence-electron chi connectivity index (χ3n) is 3.56. The molecule has 128 valence electrons. The summed E-state index contributed by atoms with van der Waals surface area (Å²) in [6, 6.07) is 11.8. The SMILES string of the molecule is CC(C)OC1=Nc2ccc([N+](=O)[O-])cc2C(c2ccccc2Cl)=NC1. The molecule has 0 unspecified atom stereocenters. The van der Waals surface area contributed by atoms with Crippen LogP contribution in [0.25, 0.3) is 0 Å². The van der Waals surface area contributed by atoms with E-state index >= 15 is 0 Å². The molecule has 2 aromatic carbocycles. The molecule has 1 heterocycles. The summed E-state index contributed by atoms with van der Waals surface area (Å²) < 4.78 is 5.70. The van der Waals surface area contributed by atoms with Crippen LogP contribution in [0, 0.1) is 10.1 Å². The molecule has 0 aromatic heterocycles.